The molecule has 0 fully saturated rings. The summed E-state index contributed by atoms with van der Waals surface area (Å²) in [5, 5.41) is 7.14. The van der Waals surface area contributed by atoms with Gasteiger partial charge in [-0.25, -0.2) is 0 Å². The lowest BCUT2D eigenvalue weighted by Crippen LogP contribution is -2.12. The van der Waals surface area contributed by atoms with Gasteiger partial charge in [0.25, 0.3) is 0 Å². The zero-order chi connectivity index (χ0) is 14.7. The number of hydrogen-bond donors (Lipinski definition) is 1. The van der Waals surface area contributed by atoms with Gasteiger partial charge in [-0.2, -0.15) is 15.0 Å². The second kappa shape index (κ2) is 6.04. The monoisotopic (exact) mass is 297 g/mol. The van der Waals surface area contributed by atoms with Crippen LogP contribution in [0, 0.1) is 13.8 Å². The van der Waals surface area contributed by atoms with E-state index in [1.807, 2.05) is 27.7 Å². The number of aromatic nitrogens is 4. The van der Waals surface area contributed by atoms with Crippen molar-refractivity contribution < 1.29 is 9.26 Å². The Balaban J connectivity index is 2.21. The molecule has 0 aliphatic heterocycles. The summed E-state index contributed by atoms with van der Waals surface area (Å²) < 4.78 is 10.4. The van der Waals surface area contributed by atoms with Gasteiger partial charge in [0.1, 0.15) is 5.76 Å². The molecule has 2 aromatic rings. The number of ether oxygens (including phenoxy) is 1. The van der Waals surface area contributed by atoms with Crippen molar-refractivity contribution in [2.75, 3.05) is 11.9 Å². The van der Waals surface area contributed by atoms with Crippen LogP contribution in [0.25, 0.3) is 0 Å². The number of rotatable bonds is 5. The standard InChI is InChI=1S/C12H16ClN5O2/c1-5-19-12-16-10(13)15-11(17-12)14-6(2)9-7(3)18-20-8(9)4/h6H,5H2,1-4H3,(H,14,15,16,17). The molecular weight excluding hydrogens is 282 g/mol. The van der Waals surface area contributed by atoms with E-state index in [-0.39, 0.29) is 17.3 Å². The third kappa shape index (κ3) is 3.16. The zero-order valence-corrected chi connectivity index (χ0v) is 12.5. The Bertz CT molecular complexity index is 582. The van der Waals surface area contributed by atoms with Gasteiger partial charge in [-0.05, 0) is 39.3 Å². The third-order valence-electron chi connectivity index (χ3n) is 2.73. The van der Waals surface area contributed by atoms with Crippen molar-refractivity contribution in [2.45, 2.75) is 33.7 Å². The highest BCUT2D eigenvalue weighted by Crippen LogP contribution is 2.24. The number of halogens is 1. The smallest absolute Gasteiger partial charge is 0.322 e. The molecule has 2 aromatic heterocycles. The van der Waals surface area contributed by atoms with Crippen LogP contribution in [0.15, 0.2) is 4.52 Å². The lowest BCUT2D eigenvalue weighted by atomic mass is 10.1. The van der Waals surface area contributed by atoms with Crippen LogP contribution >= 0.6 is 11.6 Å². The number of aryl methyl sites for hydroxylation is 2. The highest BCUT2D eigenvalue weighted by atomic mass is 35.5. The van der Waals surface area contributed by atoms with E-state index in [4.69, 9.17) is 20.9 Å². The van der Waals surface area contributed by atoms with Crippen LogP contribution < -0.4 is 10.1 Å². The van der Waals surface area contributed by atoms with E-state index in [0.29, 0.717) is 12.6 Å². The van der Waals surface area contributed by atoms with Gasteiger partial charge in [0.2, 0.25) is 11.2 Å². The fourth-order valence-corrected chi connectivity index (χ4v) is 2.12. The van der Waals surface area contributed by atoms with Crippen LogP contribution in [0.2, 0.25) is 5.28 Å². The summed E-state index contributed by atoms with van der Waals surface area (Å²) in [6, 6.07) is 0.121. The van der Waals surface area contributed by atoms with Crippen LogP contribution in [-0.4, -0.2) is 26.7 Å². The summed E-state index contributed by atoms with van der Waals surface area (Å²) in [6.07, 6.45) is 0. The summed E-state index contributed by atoms with van der Waals surface area (Å²) in [7, 11) is 0. The zero-order valence-electron chi connectivity index (χ0n) is 11.8. The number of nitrogens with one attached hydrogen (secondary N) is 1. The van der Waals surface area contributed by atoms with Gasteiger partial charge in [0, 0.05) is 5.56 Å². The minimum atomic E-state index is -0.0748. The SMILES string of the molecule is CCOc1nc(Cl)nc(NC(C)c2c(C)noc2C)n1. The first-order chi connectivity index (χ1) is 9.51. The first-order valence-corrected chi connectivity index (χ1v) is 6.62. The first kappa shape index (κ1) is 14.5. The van der Waals surface area contributed by atoms with Crippen molar-refractivity contribution in [3.05, 3.63) is 22.3 Å². The first-order valence-electron chi connectivity index (χ1n) is 6.25. The Kier molecular flexibility index (Phi) is 4.39. The van der Waals surface area contributed by atoms with Gasteiger partial charge < -0.3 is 14.6 Å². The van der Waals surface area contributed by atoms with E-state index in [9.17, 15) is 0 Å². The molecule has 108 valence electrons. The van der Waals surface area contributed by atoms with Gasteiger partial charge in [-0.1, -0.05) is 5.16 Å². The molecule has 1 unspecified atom stereocenters. The Hall–Kier alpha value is -1.89. The predicted molar refractivity (Wildman–Crippen MR) is 74.0 cm³/mol. The minimum absolute atomic E-state index is 0.0748. The van der Waals surface area contributed by atoms with Gasteiger partial charge in [0.15, 0.2) is 0 Å². The Morgan fingerprint density at radius 3 is 2.65 bits per heavy atom. The summed E-state index contributed by atoms with van der Waals surface area (Å²) in [4.78, 5) is 12.0. The molecule has 7 nitrogen and oxygen atoms in total. The molecule has 1 N–H and O–H groups in total. The maximum absolute atomic E-state index is 5.84. The molecule has 0 aromatic carbocycles. The fourth-order valence-electron chi connectivity index (χ4n) is 1.96. The molecule has 0 amide bonds. The largest absolute Gasteiger partial charge is 0.464 e. The van der Waals surface area contributed by atoms with Crippen molar-refractivity contribution in [3.8, 4) is 6.01 Å². The van der Waals surface area contributed by atoms with Gasteiger partial charge in [-0.15, -0.1) is 0 Å². The van der Waals surface area contributed by atoms with E-state index < -0.39 is 0 Å². The van der Waals surface area contributed by atoms with Gasteiger partial charge in [-0.3, -0.25) is 0 Å². The lowest BCUT2D eigenvalue weighted by molar-refractivity contribution is 0.312. The predicted octanol–water partition coefficient (Wildman–Crippen LogP) is 2.70. The quantitative estimate of drug-likeness (QED) is 0.908. The van der Waals surface area contributed by atoms with Crippen molar-refractivity contribution in [3.63, 3.8) is 0 Å². The molecule has 0 aliphatic carbocycles. The van der Waals surface area contributed by atoms with Crippen LogP contribution in [0.1, 0.15) is 36.9 Å². The average molecular weight is 298 g/mol. The fraction of sp³-hybridized carbons (Fsp3) is 0.500. The molecule has 2 heterocycles. The minimum Gasteiger partial charge on any atom is -0.464 e. The summed E-state index contributed by atoms with van der Waals surface area (Å²) in [5.41, 5.74) is 1.80. The number of hydrogen-bond acceptors (Lipinski definition) is 7. The maximum Gasteiger partial charge on any atom is 0.322 e. The second-order valence-electron chi connectivity index (χ2n) is 4.25. The Morgan fingerprint density at radius 2 is 2.05 bits per heavy atom. The van der Waals surface area contributed by atoms with Gasteiger partial charge in [0.05, 0.1) is 18.3 Å². The molecule has 0 spiro atoms. The Morgan fingerprint density at radius 1 is 1.30 bits per heavy atom. The van der Waals surface area contributed by atoms with Crippen LogP contribution in [0.3, 0.4) is 0 Å². The third-order valence-corrected chi connectivity index (χ3v) is 2.90. The van der Waals surface area contributed by atoms with E-state index in [1.54, 1.807) is 0 Å². The highest BCUT2D eigenvalue weighted by molar-refractivity contribution is 6.28. The molecule has 0 saturated carbocycles. The van der Waals surface area contributed by atoms with Crippen molar-refractivity contribution in [2.24, 2.45) is 0 Å². The van der Waals surface area contributed by atoms with Crippen LogP contribution in [-0.2, 0) is 0 Å². The number of nitrogens with zero attached hydrogens (tertiary/aromatic N) is 4. The molecule has 8 heteroatoms. The van der Waals surface area contributed by atoms with Crippen LogP contribution in [0.4, 0.5) is 5.95 Å². The maximum atomic E-state index is 5.84. The summed E-state index contributed by atoms with van der Waals surface area (Å²) >= 11 is 5.84. The second-order valence-corrected chi connectivity index (χ2v) is 4.59. The summed E-state index contributed by atoms with van der Waals surface area (Å²) in [6.45, 7) is 8.01. The Labute approximate surface area is 121 Å². The molecule has 20 heavy (non-hydrogen) atoms. The van der Waals surface area contributed by atoms with Crippen LogP contribution in [0.5, 0.6) is 6.01 Å². The van der Waals surface area contributed by atoms with Crippen molar-refractivity contribution in [1.29, 1.82) is 0 Å². The van der Waals surface area contributed by atoms with E-state index in [0.717, 1.165) is 17.0 Å². The normalized spacial score (nSPS) is 12.2. The lowest BCUT2D eigenvalue weighted by Gasteiger charge is -2.14. The highest BCUT2D eigenvalue weighted by Gasteiger charge is 2.18. The molecule has 0 bridgehead atoms. The molecule has 1 atom stereocenters. The van der Waals surface area contributed by atoms with E-state index in [1.165, 1.54) is 0 Å². The average Bonchev–Trinajstić information content (AvgIpc) is 2.68. The van der Waals surface area contributed by atoms with Crippen molar-refractivity contribution >= 4 is 17.5 Å². The topological polar surface area (TPSA) is 86.0 Å². The molecule has 2 rings (SSSR count). The van der Waals surface area contributed by atoms with Crippen molar-refractivity contribution in [1.82, 2.24) is 20.1 Å². The summed E-state index contributed by atoms with van der Waals surface area (Å²) in [5.74, 6) is 1.11. The van der Waals surface area contributed by atoms with E-state index >= 15 is 0 Å². The molecule has 0 saturated heterocycles. The molecule has 0 aliphatic rings. The van der Waals surface area contributed by atoms with E-state index in [2.05, 4.69) is 25.4 Å². The molecule has 0 radical (unpaired) electrons. The molecular formula is C12H16ClN5O2. The number of anilines is 1. The van der Waals surface area contributed by atoms with Gasteiger partial charge >= 0.3 is 6.01 Å².